The molecular weight excluding hydrogens is 638 g/mol. The number of amides is 2. The minimum atomic E-state index is -0.744. The largest absolute Gasteiger partial charge is 0.481 e. The second-order valence-corrected chi connectivity index (χ2v) is 15.3. The van der Waals surface area contributed by atoms with Crippen molar-refractivity contribution in [1.29, 1.82) is 0 Å². The monoisotopic (exact) mass is 715 g/mol. The number of likely N-dealkylation sites (N-methyl/N-ethyl adjacent to an activating group) is 1. The van der Waals surface area contributed by atoms with E-state index in [0.29, 0.717) is 52.2 Å². The smallest absolute Gasteiger partial charge is 0.306 e. The van der Waals surface area contributed by atoms with Gasteiger partial charge in [-0.05, 0) is 59.3 Å². The summed E-state index contributed by atoms with van der Waals surface area (Å²) in [6, 6.07) is 0. The molecule has 11 nitrogen and oxygen atoms in total. The number of hydrogen-bond acceptors (Lipinski definition) is 7. The number of hydrogen-bond donors (Lipinski definition) is 3. The van der Waals surface area contributed by atoms with Gasteiger partial charge in [0.15, 0.2) is 0 Å². The molecule has 0 aromatic carbocycles. The van der Waals surface area contributed by atoms with Gasteiger partial charge in [-0.3, -0.25) is 19.2 Å². The molecule has 0 aliphatic carbocycles. The zero-order chi connectivity index (χ0) is 37.4. The molecule has 0 bridgehead atoms. The van der Waals surface area contributed by atoms with Crippen LogP contribution in [0.1, 0.15) is 156 Å². The summed E-state index contributed by atoms with van der Waals surface area (Å²) in [6.07, 6.45) is 21.5. The van der Waals surface area contributed by atoms with Crippen molar-refractivity contribution in [2.75, 3.05) is 66.7 Å². The summed E-state index contributed by atoms with van der Waals surface area (Å²) in [7, 11) is 4.22. The molecule has 0 heterocycles. The summed E-state index contributed by atoms with van der Waals surface area (Å²) in [4.78, 5) is 46.4. The molecular formula is C39H76N3O8+. The maximum absolute atomic E-state index is 12.1. The second kappa shape index (κ2) is 31.5. The fraction of sp³-hybridized carbons (Fsp3) is 0.897. The van der Waals surface area contributed by atoms with Gasteiger partial charge in [0.05, 0.1) is 46.9 Å². The second-order valence-electron chi connectivity index (χ2n) is 15.3. The normalized spacial score (nSPS) is 11.8. The number of unbranched alkanes of at least 4 members (excludes halogenated alkanes) is 15. The molecule has 50 heavy (non-hydrogen) atoms. The highest BCUT2D eigenvalue weighted by molar-refractivity contribution is 5.77. The predicted molar refractivity (Wildman–Crippen MR) is 200 cm³/mol. The molecule has 2 amide bonds. The number of aliphatic carboxylic acids is 1. The Morgan fingerprint density at radius 2 is 1.02 bits per heavy atom. The van der Waals surface area contributed by atoms with Crippen LogP contribution >= 0.6 is 0 Å². The molecule has 0 unspecified atom stereocenters. The van der Waals surface area contributed by atoms with Gasteiger partial charge in [0.25, 0.3) is 0 Å². The SMILES string of the molecule is CC(C)(C)OC(=O)CCCCCCCCCCCCCCCCC(=O)NCCCOCCOCC(=O)NCC[N+](C)(C)CCCCCC(=O)O. The lowest BCUT2D eigenvalue weighted by molar-refractivity contribution is -0.889. The van der Waals surface area contributed by atoms with E-state index < -0.39 is 5.97 Å². The minimum Gasteiger partial charge on any atom is -0.481 e. The van der Waals surface area contributed by atoms with Gasteiger partial charge < -0.3 is 34.4 Å². The maximum Gasteiger partial charge on any atom is 0.306 e. The topological polar surface area (TPSA) is 140 Å². The number of nitrogens with zero attached hydrogens (tertiary/aromatic N) is 1. The molecule has 11 heteroatoms. The third kappa shape index (κ3) is 37.0. The summed E-state index contributed by atoms with van der Waals surface area (Å²) in [5.74, 6) is -0.855. The van der Waals surface area contributed by atoms with Crippen LogP contribution in [-0.4, -0.2) is 106 Å². The van der Waals surface area contributed by atoms with E-state index in [1.807, 2.05) is 20.8 Å². The van der Waals surface area contributed by atoms with Gasteiger partial charge in [0, 0.05) is 32.4 Å². The van der Waals surface area contributed by atoms with Crippen LogP contribution < -0.4 is 10.6 Å². The van der Waals surface area contributed by atoms with E-state index in [2.05, 4.69) is 24.7 Å². The highest BCUT2D eigenvalue weighted by atomic mass is 16.6. The summed E-state index contributed by atoms with van der Waals surface area (Å²) in [6.45, 7) is 9.95. The van der Waals surface area contributed by atoms with E-state index in [1.54, 1.807) is 0 Å². The molecule has 3 N–H and O–H groups in total. The van der Waals surface area contributed by atoms with Gasteiger partial charge >= 0.3 is 11.9 Å². The van der Waals surface area contributed by atoms with Gasteiger partial charge in [-0.1, -0.05) is 77.0 Å². The third-order valence-electron chi connectivity index (χ3n) is 8.54. The summed E-state index contributed by atoms with van der Waals surface area (Å²) < 4.78 is 17.1. The fourth-order valence-electron chi connectivity index (χ4n) is 5.60. The Labute approximate surface area is 304 Å². The number of quaternary nitrogens is 1. The maximum atomic E-state index is 12.1. The first kappa shape index (κ1) is 47.8. The van der Waals surface area contributed by atoms with Crippen molar-refractivity contribution >= 4 is 23.8 Å². The zero-order valence-electron chi connectivity index (χ0n) is 32.8. The molecule has 0 aromatic rings. The quantitative estimate of drug-likeness (QED) is 0.0364. The van der Waals surface area contributed by atoms with Crippen molar-refractivity contribution in [3.63, 3.8) is 0 Å². The molecule has 0 aliphatic heterocycles. The Morgan fingerprint density at radius 3 is 1.58 bits per heavy atom. The molecule has 0 saturated carbocycles. The first-order valence-corrected chi connectivity index (χ1v) is 19.8. The van der Waals surface area contributed by atoms with Crippen LogP contribution in [0.15, 0.2) is 0 Å². The van der Waals surface area contributed by atoms with E-state index in [0.717, 1.165) is 62.5 Å². The zero-order valence-corrected chi connectivity index (χ0v) is 32.8. The van der Waals surface area contributed by atoms with Gasteiger partial charge in [-0.15, -0.1) is 0 Å². The standard InChI is InChI=1S/C39H75N3O8/c1-39(2,3)50-38(47)26-21-17-15-13-11-9-7-6-8-10-12-14-16-19-24-35(43)40-27-23-31-48-32-33-49-34-36(44)41-28-30-42(4,5)29-22-18-20-25-37(45)46/h6-34H2,1-5H3,(H2-,40,41,43,44,45,46)/p+1. The lowest BCUT2D eigenvalue weighted by Crippen LogP contribution is -2.46. The number of carboxylic acid groups (broad SMARTS) is 1. The number of carboxylic acids is 1. The van der Waals surface area contributed by atoms with E-state index in [4.69, 9.17) is 19.3 Å². The van der Waals surface area contributed by atoms with Crippen molar-refractivity contribution in [3.05, 3.63) is 0 Å². The number of rotatable bonds is 35. The van der Waals surface area contributed by atoms with Crippen molar-refractivity contribution in [1.82, 2.24) is 10.6 Å². The Bertz CT molecular complexity index is 876. The van der Waals surface area contributed by atoms with Gasteiger partial charge in [-0.25, -0.2) is 0 Å². The average molecular weight is 715 g/mol. The highest BCUT2D eigenvalue weighted by Gasteiger charge is 2.16. The number of carbonyl (C=O) groups is 4. The van der Waals surface area contributed by atoms with E-state index in [1.165, 1.54) is 64.2 Å². The van der Waals surface area contributed by atoms with Crippen LogP contribution in [0.4, 0.5) is 0 Å². The van der Waals surface area contributed by atoms with Crippen molar-refractivity contribution in [3.8, 4) is 0 Å². The minimum absolute atomic E-state index is 0.00474. The van der Waals surface area contributed by atoms with Crippen LogP contribution in [0, 0.1) is 0 Å². The summed E-state index contributed by atoms with van der Waals surface area (Å²) in [5, 5.41) is 14.6. The van der Waals surface area contributed by atoms with Crippen LogP contribution in [0.2, 0.25) is 0 Å². The molecule has 0 rings (SSSR count). The average Bonchev–Trinajstić information content (AvgIpc) is 3.02. The summed E-state index contributed by atoms with van der Waals surface area (Å²) in [5.41, 5.74) is -0.382. The Morgan fingerprint density at radius 1 is 0.540 bits per heavy atom. The number of nitrogens with one attached hydrogen (secondary N) is 2. The number of esters is 1. The number of ether oxygens (including phenoxy) is 3. The molecule has 294 valence electrons. The number of carbonyl (C=O) groups excluding carboxylic acids is 3. The molecule has 0 atom stereocenters. The Balaban J connectivity index is 3.39. The van der Waals surface area contributed by atoms with E-state index in [-0.39, 0.29) is 36.4 Å². The van der Waals surface area contributed by atoms with E-state index >= 15 is 0 Å². The van der Waals surface area contributed by atoms with Gasteiger partial charge in [0.1, 0.15) is 12.2 Å². The molecule has 0 aromatic heterocycles. The van der Waals surface area contributed by atoms with Crippen molar-refractivity contribution < 1.29 is 43.0 Å². The van der Waals surface area contributed by atoms with Crippen molar-refractivity contribution in [2.45, 2.75) is 161 Å². The Hall–Kier alpha value is -2.24. The summed E-state index contributed by atoms with van der Waals surface area (Å²) >= 11 is 0. The van der Waals surface area contributed by atoms with Gasteiger partial charge in [-0.2, -0.15) is 0 Å². The molecule has 0 fully saturated rings. The van der Waals surface area contributed by atoms with Crippen molar-refractivity contribution in [2.24, 2.45) is 0 Å². The molecule has 0 radical (unpaired) electrons. The van der Waals surface area contributed by atoms with Gasteiger partial charge in [0.2, 0.25) is 11.8 Å². The molecule has 0 aliphatic rings. The molecule has 0 saturated heterocycles. The lowest BCUT2D eigenvalue weighted by atomic mass is 10.0. The van der Waals surface area contributed by atoms with Crippen LogP contribution in [0.5, 0.6) is 0 Å². The van der Waals surface area contributed by atoms with Crippen LogP contribution in [0.25, 0.3) is 0 Å². The fourth-order valence-corrected chi connectivity index (χ4v) is 5.60. The predicted octanol–water partition coefficient (Wildman–Crippen LogP) is 6.95. The first-order valence-electron chi connectivity index (χ1n) is 19.8. The van der Waals surface area contributed by atoms with Crippen LogP contribution in [0.3, 0.4) is 0 Å². The Kier molecular flexibility index (Phi) is 30.1. The van der Waals surface area contributed by atoms with Crippen LogP contribution in [-0.2, 0) is 33.4 Å². The third-order valence-corrected chi connectivity index (χ3v) is 8.54. The van der Waals surface area contributed by atoms with E-state index in [9.17, 15) is 19.2 Å². The highest BCUT2D eigenvalue weighted by Crippen LogP contribution is 2.15. The first-order chi connectivity index (χ1) is 23.8. The molecule has 0 spiro atoms. The lowest BCUT2D eigenvalue weighted by Gasteiger charge is -2.29.